The number of pyridine rings is 4. The monoisotopic (exact) mass is 1210 g/mol. The molecule has 2 aliphatic heterocycles. The van der Waals surface area contributed by atoms with E-state index < -0.39 is 0 Å². The summed E-state index contributed by atoms with van der Waals surface area (Å²) in [5.41, 5.74) is 13.3. The number of amides is 2. The van der Waals surface area contributed by atoms with Gasteiger partial charge in [-0.3, -0.25) is 39.3 Å². The fourth-order valence-electron chi connectivity index (χ4n) is 10.9. The van der Waals surface area contributed by atoms with E-state index in [1.807, 2.05) is 146 Å². The minimum absolute atomic E-state index is 0.213. The molecule has 2 aliphatic rings. The van der Waals surface area contributed by atoms with Crippen molar-refractivity contribution in [3.05, 3.63) is 240 Å². The average molecular weight is 1210 g/mol. The number of anilines is 2. The summed E-state index contributed by atoms with van der Waals surface area (Å²) >= 11 is 0. The first-order valence-corrected chi connectivity index (χ1v) is 30.8. The van der Waals surface area contributed by atoms with E-state index in [1.165, 1.54) is 0 Å². The van der Waals surface area contributed by atoms with Crippen molar-refractivity contribution in [3.8, 4) is 22.3 Å². The van der Waals surface area contributed by atoms with Crippen LogP contribution in [-0.2, 0) is 64.2 Å². The van der Waals surface area contributed by atoms with Crippen LogP contribution in [0.4, 0.5) is 11.4 Å². The molecule has 4 aromatic carbocycles. The predicted octanol–water partition coefficient (Wildman–Crippen LogP) is 10.00. The molecule has 0 aliphatic carbocycles. The van der Waals surface area contributed by atoms with Gasteiger partial charge in [0.2, 0.25) is 0 Å². The highest BCUT2D eigenvalue weighted by Crippen LogP contribution is 2.47. The normalized spacial score (nSPS) is 13.2. The fraction of sp³-hybridized carbons (Fsp3) is 0.306. The van der Waals surface area contributed by atoms with E-state index in [9.17, 15) is 0 Å². The molecule has 18 heteroatoms. The van der Waals surface area contributed by atoms with E-state index in [0.29, 0.717) is 102 Å². The van der Waals surface area contributed by atoms with Crippen molar-refractivity contribution in [2.75, 3.05) is 130 Å². The lowest BCUT2D eigenvalue weighted by molar-refractivity contribution is -0.124. The van der Waals surface area contributed by atoms with Gasteiger partial charge in [0.05, 0.1) is 111 Å². The number of hydrogen-bond acceptors (Lipinski definition) is 16. The first-order valence-electron chi connectivity index (χ1n) is 30.8. The summed E-state index contributed by atoms with van der Waals surface area (Å²) in [4.78, 5) is 56.9. The van der Waals surface area contributed by atoms with Crippen LogP contribution in [0, 0.1) is 0 Å². The molecule has 0 saturated carbocycles. The van der Waals surface area contributed by atoms with Crippen molar-refractivity contribution < 1.29 is 38.0 Å². The molecule has 4 aromatic heterocycles. The first-order chi connectivity index (χ1) is 44.4. The number of fused-ring (bicyclic) bond motifs is 1. The Bertz CT molecular complexity index is 3210. The minimum atomic E-state index is -0.272. The summed E-state index contributed by atoms with van der Waals surface area (Å²) in [6.07, 6.45) is 7.32. The Morgan fingerprint density at radius 1 is 0.356 bits per heavy atom. The van der Waals surface area contributed by atoms with Gasteiger partial charge in [-0.2, -0.15) is 0 Å². The van der Waals surface area contributed by atoms with E-state index in [4.69, 9.17) is 28.4 Å². The Morgan fingerprint density at radius 3 is 0.944 bits per heavy atom. The fourth-order valence-corrected chi connectivity index (χ4v) is 10.9. The zero-order chi connectivity index (χ0) is 62.0. The Labute approximate surface area is 528 Å². The number of nitrogens with one attached hydrogen (secondary N) is 2. The quantitative estimate of drug-likeness (QED) is 0.0349. The molecule has 0 radical (unpaired) electrons. The predicted molar refractivity (Wildman–Crippen MR) is 350 cm³/mol. The maximum atomic E-state index is 15.2. The van der Waals surface area contributed by atoms with E-state index in [1.54, 1.807) is 24.0 Å². The molecule has 0 unspecified atom stereocenters. The van der Waals surface area contributed by atoms with Gasteiger partial charge in [-0.25, -0.2) is 0 Å². The van der Waals surface area contributed by atoms with Crippen molar-refractivity contribution in [2.45, 2.75) is 26.2 Å². The molecule has 6 heterocycles. The van der Waals surface area contributed by atoms with Crippen molar-refractivity contribution in [3.63, 3.8) is 0 Å². The van der Waals surface area contributed by atoms with Crippen LogP contribution in [0.1, 0.15) is 33.9 Å². The second kappa shape index (κ2) is 34.2. The third-order valence-corrected chi connectivity index (χ3v) is 15.4. The van der Waals surface area contributed by atoms with Crippen molar-refractivity contribution in [2.24, 2.45) is 0 Å². The number of rotatable bonds is 38. The Hall–Kier alpha value is -8.82. The topological polar surface area (TPSA) is 178 Å². The molecule has 18 nitrogen and oxygen atoms in total. The van der Waals surface area contributed by atoms with Crippen molar-refractivity contribution >= 4 is 34.6 Å². The van der Waals surface area contributed by atoms with Gasteiger partial charge in [0, 0.05) is 116 Å². The number of benzene rings is 4. The van der Waals surface area contributed by atoms with Gasteiger partial charge >= 0.3 is 0 Å². The zero-order valence-electron chi connectivity index (χ0n) is 51.5. The highest BCUT2D eigenvalue weighted by molar-refractivity contribution is 6.30. The molecule has 2 N–H and O–H groups in total. The van der Waals surface area contributed by atoms with Gasteiger partial charge in [-0.1, -0.05) is 97.1 Å². The van der Waals surface area contributed by atoms with Crippen LogP contribution in [0.2, 0.25) is 0 Å². The van der Waals surface area contributed by atoms with E-state index in [-0.39, 0.29) is 38.1 Å². The van der Waals surface area contributed by atoms with Crippen LogP contribution < -0.4 is 10.6 Å². The largest absolute Gasteiger partial charge is 0.384 e. The number of carbonyl (C=O) groups is 2. The standard InChI is InChI=1S/C72H80N10O8/c1-85-43-45-89-49-47-87-41-39-81-69(59-19-15-55(16-20-59)57-23-27-61(28-24-57)77-35-37-79(51-63-11-3-7-31-73-63)52-64-12-4-8-32-74-64)67-68(71(81)83)70(82(72(67)84)40-42-88-48-50-90-46-44-86-2)60-21-17-56(18-22-60)58-25-29-62(30-26-58)78-36-38-80(53-65-13-5-9-33-75-65)54-66-14-6-10-34-76-66/h3-34,77-78H,35-54H2,1-2H3. The molecule has 0 bridgehead atoms. The molecule has 0 saturated heterocycles. The van der Waals surface area contributed by atoms with Crippen LogP contribution in [0.5, 0.6) is 0 Å². The second-order valence-electron chi connectivity index (χ2n) is 21.7. The van der Waals surface area contributed by atoms with Gasteiger partial charge in [0.1, 0.15) is 0 Å². The number of aromatic nitrogens is 4. The number of hydrogen-bond donors (Lipinski definition) is 2. The van der Waals surface area contributed by atoms with Crippen molar-refractivity contribution in [1.82, 2.24) is 39.5 Å². The molecule has 10 rings (SSSR count). The lowest BCUT2D eigenvalue weighted by Gasteiger charge is -2.25. The summed E-state index contributed by atoms with van der Waals surface area (Å²) in [7, 11) is 3.26. The maximum absolute atomic E-state index is 15.2. The summed E-state index contributed by atoms with van der Waals surface area (Å²) in [6.45, 7) is 10.0. The Balaban J connectivity index is 0.866. The first kappa shape index (κ1) is 64.2. The molecule has 0 atom stereocenters. The molecular formula is C72H80N10O8. The third kappa shape index (κ3) is 18.2. The number of methoxy groups -OCH3 is 2. The molecule has 0 fully saturated rings. The van der Waals surface area contributed by atoms with Crippen LogP contribution >= 0.6 is 0 Å². The molecular weight excluding hydrogens is 1130 g/mol. The van der Waals surface area contributed by atoms with Crippen LogP contribution in [0.15, 0.2) is 206 Å². The molecule has 8 aromatic rings. The third-order valence-electron chi connectivity index (χ3n) is 15.4. The summed E-state index contributed by atoms with van der Waals surface area (Å²) in [6, 6.07) is 56.9. The van der Waals surface area contributed by atoms with Gasteiger partial charge in [0.25, 0.3) is 11.8 Å². The summed E-state index contributed by atoms with van der Waals surface area (Å²) < 4.78 is 33.6. The maximum Gasteiger partial charge on any atom is 0.261 e. The second-order valence-corrected chi connectivity index (χ2v) is 21.7. The van der Waals surface area contributed by atoms with Gasteiger partial charge in [-0.05, 0) is 106 Å². The number of nitrogens with zero attached hydrogens (tertiary/aromatic N) is 8. The van der Waals surface area contributed by atoms with Crippen molar-refractivity contribution in [1.29, 1.82) is 0 Å². The lowest BCUT2D eigenvalue weighted by atomic mass is 9.98. The molecule has 90 heavy (non-hydrogen) atoms. The van der Waals surface area contributed by atoms with E-state index in [0.717, 1.165) is 93.7 Å². The SMILES string of the molecule is COCCOCCOCCN1C(=O)C2=C(c3ccc(-c4ccc(NCCN(Cc5ccccn5)Cc5ccccn5)cc4)cc3)N(CCOCCOCCOC)C(=O)C2=C1c1ccc(-c2ccc(NCCN(Cc3ccccn3)Cc3ccccn3)cc2)cc1. The molecule has 2 amide bonds. The lowest BCUT2D eigenvalue weighted by Crippen LogP contribution is -2.33. The molecule has 0 spiro atoms. The van der Waals surface area contributed by atoms with Crippen LogP contribution in [0.25, 0.3) is 33.6 Å². The number of carbonyl (C=O) groups excluding carboxylic acids is 2. The van der Waals surface area contributed by atoms with Crippen LogP contribution in [0.3, 0.4) is 0 Å². The van der Waals surface area contributed by atoms with E-state index >= 15 is 9.59 Å². The van der Waals surface area contributed by atoms with Gasteiger partial charge < -0.3 is 48.9 Å². The Morgan fingerprint density at radius 2 is 0.644 bits per heavy atom. The zero-order valence-corrected chi connectivity index (χ0v) is 51.5. The van der Waals surface area contributed by atoms with Crippen LogP contribution in [-0.4, -0.2) is 171 Å². The molecule has 466 valence electrons. The number of ether oxygens (including phenoxy) is 6. The Kier molecular flexibility index (Phi) is 24.4. The highest BCUT2D eigenvalue weighted by Gasteiger charge is 2.48. The minimum Gasteiger partial charge on any atom is -0.384 e. The highest BCUT2D eigenvalue weighted by atomic mass is 16.5. The van der Waals surface area contributed by atoms with Gasteiger partial charge in [0.15, 0.2) is 0 Å². The van der Waals surface area contributed by atoms with Gasteiger partial charge in [-0.15, -0.1) is 0 Å². The summed E-state index contributed by atoms with van der Waals surface area (Å²) in [5.74, 6) is -0.545. The summed E-state index contributed by atoms with van der Waals surface area (Å²) in [5, 5.41) is 7.21. The average Bonchev–Trinajstić information content (AvgIpc) is 1.57. The smallest absolute Gasteiger partial charge is 0.261 e. The van der Waals surface area contributed by atoms with E-state index in [2.05, 4.69) is 88.9 Å².